The summed E-state index contributed by atoms with van der Waals surface area (Å²) in [7, 11) is -3.75. The van der Waals surface area contributed by atoms with Crippen LogP contribution in [0.1, 0.15) is 43.5 Å². The van der Waals surface area contributed by atoms with Crippen LogP contribution in [0.5, 0.6) is 0 Å². The summed E-state index contributed by atoms with van der Waals surface area (Å²) >= 11 is 0. The third kappa shape index (κ3) is 4.36. The van der Waals surface area contributed by atoms with Gasteiger partial charge < -0.3 is 9.26 Å². The van der Waals surface area contributed by atoms with Gasteiger partial charge in [0, 0.05) is 13.0 Å². The number of aryl methyl sites for hydroxylation is 2. The van der Waals surface area contributed by atoms with Crippen LogP contribution in [0.3, 0.4) is 0 Å². The van der Waals surface area contributed by atoms with Gasteiger partial charge in [-0.2, -0.15) is 9.29 Å². The largest absolute Gasteiger partial charge is 0.454 e. The summed E-state index contributed by atoms with van der Waals surface area (Å²) in [4.78, 5) is 16.8. The molecular formula is C18H23N3O5S. The first-order valence-electron chi connectivity index (χ1n) is 8.98. The lowest BCUT2D eigenvalue weighted by atomic mass is 10.2. The summed E-state index contributed by atoms with van der Waals surface area (Å²) in [5, 5.41) is 3.80. The van der Waals surface area contributed by atoms with Crippen LogP contribution >= 0.6 is 0 Å². The molecule has 1 aromatic carbocycles. The zero-order chi connectivity index (χ0) is 19.4. The highest BCUT2D eigenvalue weighted by Gasteiger charge is 2.40. The van der Waals surface area contributed by atoms with Crippen LogP contribution in [0.4, 0.5) is 0 Å². The van der Waals surface area contributed by atoms with Gasteiger partial charge in [-0.15, -0.1) is 0 Å². The highest BCUT2D eigenvalue weighted by atomic mass is 32.2. The molecule has 3 rings (SSSR count). The van der Waals surface area contributed by atoms with Crippen LogP contribution < -0.4 is 0 Å². The van der Waals surface area contributed by atoms with E-state index in [-0.39, 0.29) is 23.9 Å². The van der Waals surface area contributed by atoms with Gasteiger partial charge in [0.15, 0.2) is 12.4 Å². The van der Waals surface area contributed by atoms with Crippen molar-refractivity contribution < 1.29 is 22.5 Å². The Labute approximate surface area is 158 Å². The maximum Gasteiger partial charge on any atom is 0.324 e. The highest BCUT2D eigenvalue weighted by molar-refractivity contribution is 7.89. The maximum atomic E-state index is 12.9. The molecule has 1 aromatic heterocycles. The van der Waals surface area contributed by atoms with E-state index in [0.717, 1.165) is 12.0 Å². The monoisotopic (exact) mass is 393 g/mol. The molecule has 2 aromatic rings. The van der Waals surface area contributed by atoms with E-state index in [1.54, 1.807) is 24.3 Å². The molecule has 8 nitrogen and oxygen atoms in total. The van der Waals surface area contributed by atoms with Crippen molar-refractivity contribution in [2.45, 2.75) is 57.1 Å². The minimum atomic E-state index is -3.75. The average molecular weight is 393 g/mol. The molecule has 0 amide bonds. The van der Waals surface area contributed by atoms with E-state index < -0.39 is 22.0 Å². The number of sulfonamides is 1. The molecule has 9 heteroatoms. The van der Waals surface area contributed by atoms with Gasteiger partial charge in [-0.1, -0.05) is 29.8 Å². The molecule has 0 radical (unpaired) electrons. The lowest BCUT2D eigenvalue weighted by molar-refractivity contribution is -0.149. The molecule has 27 heavy (non-hydrogen) atoms. The standard InChI is InChI=1S/C18H23N3O5S/c1-3-5-16-19-17(26-20-16)12-25-18(22)15-6-4-11-21(15)27(23,24)14-9-7-13(2)8-10-14/h7-10,15H,3-6,11-12H2,1-2H3/t15-/m0/s1. The van der Waals surface area contributed by atoms with Crippen molar-refractivity contribution in [2.24, 2.45) is 0 Å². The zero-order valence-corrected chi connectivity index (χ0v) is 16.2. The van der Waals surface area contributed by atoms with E-state index in [1.165, 1.54) is 4.31 Å². The number of carbonyl (C=O) groups excluding carboxylic acids is 1. The second-order valence-corrected chi connectivity index (χ2v) is 8.44. The number of hydrogen-bond donors (Lipinski definition) is 0. The Hall–Kier alpha value is -2.26. The zero-order valence-electron chi connectivity index (χ0n) is 15.4. The summed E-state index contributed by atoms with van der Waals surface area (Å²) in [6, 6.07) is 5.74. The predicted octanol–water partition coefficient (Wildman–Crippen LogP) is 2.23. The number of rotatable bonds is 7. The van der Waals surface area contributed by atoms with Gasteiger partial charge in [-0.25, -0.2) is 8.42 Å². The molecule has 0 N–H and O–H groups in total. The Morgan fingerprint density at radius 3 is 2.78 bits per heavy atom. The fourth-order valence-corrected chi connectivity index (χ4v) is 4.66. The van der Waals surface area contributed by atoms with E-state index in [9.17, 15) is 13.2 Å². The SMILES string of the molecule is CCCc1noc(COC(=O)[C@@H]2CCCN2S(=O)(=O)c2ccc(C)cc2)n1. The van der Waals surface area contributed by atoms with Crippen molar-refractivity contribution in [2.75, 3.05) is 6.54 Å². The van der Waals surface area contributed by atoms with Gasteiger partial charge in [0.05, 0.1) is 4.90 Å². The van der Waals surface area contributed by atoms with Crippen molar-refractivity contribution in [3.63, 3.8) is 0 Å². The lowest BCUT2D eigenvalue weighted by Gasteiger charge is -2.22. The number of carbonyl (C=O) groups is 1. The number of hydrogen-bond acceptors (Lipinski definition) is 7. The van der Waals surface area contributed by atoms with Crippen LogP contribution in [0.15, 0.2) is 33.7 Å². The second-order valence-electron chi connectivity index (χ2n) is 6.55. The van der Waals surface area contributed by atoms with Gasteiger partial charge >= 0.3 is 5.97 Å². The second kappa shape index (κ2) is 8.18. The van der Waals surface area contributed by atoms with Gasteiger partial charge in [0.25, 0.3) is 5.89 Å². The molecule has 1 aliphatic rings. The van der Waals surface area contributed by atoms with E-state index in [2.05, 4.69) is 10.1 Å². The van der Waals surface area contributed by atoms with E-state index in [1.807, 2.05) is 13.8 Å². The average Bonchev–Trinajstić information content (AvgIpc) is 3.30. The third-order valence-electron chi connectivity index (χ3n) is 4.42. The van der Waals surface area contributed by atoms with Crippen molar-refractivity contribution in [1.29, 1.82) is 0 Å². The molecule has 1 aliphatic heterocycles. The van der Waals surface area contributed by atoms with E-state index in [0.29, 0.717) is 25.1 Å². The molecule has 1 fully saturated rings. The lowest BCUT2D eigenvalue weighted by Crippen LogP contribution is -2.41. The summed E-state index contributed by atoms with van der Waals surface area (Å²) in [6.45, 7) is 4.01. The van der Waals surface area contributed by atoms with Crippen LogP contribution in [0.25, 0.3) is 0 Å². The number of ether oxygens (including phenoxy) is 1. The molecule has 1 saturated heterocycles. The quantitative estimate of drug-likeness (QED) is 0.665. The fraction of sp³-hybridized carbons (Fsp3) is 0.500. The molecule has 0 spiro atoms. The molecule has 0 aliphatic carbocycles. The van der Waals surface area contributed by atoms with Crippen LogP contribution in [-0.4, -0.2) is 41.4 Å². The Kier molecular flexibility index (Phi) is 5.91. The van der Waals surface area contributed by atoms with Crippen molar-refractivity contribution in [3.8, 4) is 0 Å². The van der Waals surface area contributed by atoms with Gasteiger partial charge in [0.2, 0.25) is 10.0 Å². The van der Waals surface area contributed by atoms with Crippen LogP contribution in [0.2, 0.25) is 0 Å². The molecule has 146 valence electrons. The van der Waals surface area contributed by atoms with Gasteiger partial charge in [0.1, 0.15) is 6.04 Å². The fourth-order valence-electron chi connectivity index (χ4n) is 3.01. The van der Waals surface area contributed by atoms with Gasteiger partial charge in [-0.05, 0) is 38.3 Å². The third-order valence-corrected chi connectivity index (χ3v) is 6.35. The maximum absolute atomic E-state index is 12.9. The predicted molar refractivity (Wildman–Crippen MR) is 96.2 cm³/mol. The van der Waals surface area contributed by atoms with Gasteiger partial charge in [-0.3, -0.25) is 4.79 Å². The molecule has 1 atom stereocenters. The normalized spacial score (nSPS) is 17.9. The van der Waals surface area contributed by atoms with E-state index >= 15 is 0 Å². The summed E-state index contributed by atoms with van der Waals surface area (Å²) in [5.41, 5.74) is 0.966. The first kappa shape index (κ1) is 19.5. The van der Waals surface area contributed by atoms with E-state index in [4.69, 9.17) is 9.26 Å². The molecule has 0 bridgehead atoms. The smallest absolute Gasteiger partial charge is 0.324 e. The summed E-state index contributed by atoms with van der Waals surface area (Å²) in [6.07, 6.45) is 2.59. The van der Waals surface area contributed by atoms with Crippen molar-refractivity contribution >= 4 is 16.0 Å². The number of benzene rings is 1. The first-order chi connectivity index (χ1) is 12.9. The first-order valence-corrected chi connectivity index (χ1v) is 10.4. The molecule has 0 saturated carbocycles. The van der Waals surface area contributed by atoms with Crippen molar-refractivity contribution in [3.05, 3.63) is 41.5 Å². The number of esters is 1. The van der Waals surface area contributed by atoms with Crippen LogP contribution in [0, 0.1) is 6.92 Å². The molecule has 2 heterocycles. The topological polar surface area (TPSA) is 103 Å². The summed E-state index contributed by atoms with van der Waals surface area (Å²) in [5.74, 6) is 0.171. The Balaban J connectivity index is 1.67. The molecule has 0 unspecified atom stereocenters. The number of nitrogens with zero attached hydrogens (tertiary/aromatic N) is 3. The Bertz CT molecular complexity index is 892. The summed E-state index contributed by atoms with van der Waals surface area (Å²) < 4.78 is 37.3. The number of aromatic nitrogens is 2. The highest BCUT2D eigenvalue weighted by Crippen LogP contribution is 2.27. The van der Waals surface area contributed by atoms with Crippen molar-refractivity contribution in [1.82, 2.24) is 14.4 Å². The minimum Gasteiger partial charge on any atom is -0.454 e. The Morgan fingerprint density at radius 2 is 2.07 bits per heavy atom. The van der Waals surface area contributed by atoms with Crippen LogP contribution in [-0.2, 0) is 32.6 Å². The minimum absolute atomic E-state index is 0.162. The Morgan fingerprint density at radius 1 is 1.33 bits per heavy atom. The molecular weight excluding hydrogens is 370 g/mol.